The molecule has 0 aliphatic rings. The molecule has 0 amide bonds. The molecule has 2 N–H and O–H groups in total. The first-order valence-electron chi connectivity index (χ1n) is 7.11. The second kappa shape index (κ2) is 11.0. The van der Waals surface area contributed by atoms with E-state index in [1.54, 1.807) is 14.2 Å². The van der Waals surface area contributed by atoms with Crippen LogP contribution in [-0.4, -0.2) is 45.2 Å². The van der Waals surface area contributed by atoms with E-state index in [1.165, 1.54) is 5.56 Å². The maximum atomic E-state index is 5.30. The molecule has 0 saturated heterocycles. The van der Waals surface area contributed by atoms with Crippen LogP contribution in [0.2, 0.25) is 0 Å². The van der Waals surface area contributed by atoms with Crippen LogP contribution in [-0.2, 0) is 5.41 Å². The van der Waals surface area contributed by atoms with Gasteiger partial charge < -0.3 is 15.4 Å². The van der Waals surface area contributed by atoms with E-state index in [-0.39, 0.29) is 29.4 Å². The molecule has 1 aromatic rings. The number of hydrogen-bond acceptors (Lipinski definition) is 3. The lowest BCUT2D eigenvalue weighted by Gasteiger charge is -2.27. The summed E-state index contributed by atoms with van der Waals surface area (Å²) < 4.78 is 5.30. The minimum atomic E-state index is -0.00827. The molecule has 0 atom stereocenters. The lowest BCUT2D eigenvalue weighted by Crippen LogP contribution is -2.44. The lowest BCUT2D eigenvalue weighted by molar-refractivity contribution is 0.411. The summed E-state index contributed by atoms with van der Waals surface area (Å²) in [4.78, 5) is 4.25. The van der Waals surface area contributed by atoms with E-state index >= 15 is 0 Å². The van der Waals surface area contributed by atoms with Gasteiger partial charge in [0.2, 0.25) is 0 Å². The summed E-state index contributed by atoms with van der Waals surface area (Å²) in [6.45, 7) is 6.15. The van der Waals surface area contributed by atoms with E-state index in [4.69, 9.17) is 4.74 Å². The van der Waals surface area contributed by atoms with Gasteiger partial charge in [0, 0.05) is 31.3 Å². The van der Waals surface area contributed by atoms with Crippen LogP contribution < -0.4 is 15.4 Å². The molecule has 6 heteroatoms. The fourth-order valence-corrected chi connectivity index (χ4v) is 2.25. The van der Waals surface area contributed by atoms with Gasteiger partial charge in [0.05, 0.1) is 7.11 Å². The molecule has 0 aromatic heterocycles. The smallest absolute Gasteiger partial charge is 0.191 e. The molecular formula is C16H28IN3OS. The third-order valence-electron chi connectivity index (χ3n) is 3.37. The largest absolute Gasteiger partial charge is 0.497 e. The summed E-state index contributed by atoms with van der Waals surface area (Å²) >= 11 is 1.82. The minimum absolute atomic E-state index is 0. The zero-order chi connectivity index (χ0) is 15.7. The highest BCUT2D eigenvalue weighted by atomic mass is 127. The third kappa shape index (κ3) is 7.09. The Kier molecular flexibility index (Phi) is 10.7. The standard InChI is InChI=1S/C16H27N3OS.HI/c1-16(2,13-7-6-8-14(11-13)20-4)12-19-15(17-3)18-9-10-21-5;/h6-8,11H,9-10,12H2,1-5H3,(H2,17,18,19);1H. The first-order chi connectivity index (χ1) is 10.0. The number of guanidine groups is 1. The molecule has 0 unspecified atom stereocenters. The van der Waals surface area contributed by atoms with Crippen molar-refractivity contribution in [3.8, 4) is 5.75 Å². The number of rotatable bonds is 7. The Morgan fingerprint density at radius 2 is 2.05 bits per heavy atom. The van der Waals surface area contributed by atoms with Crippen molar-refractivity contribution in [3.05, 3.63) is 29.8 Å². The van der Waals surface area contributed by atoms with E-state index in [1.807, 2.05) is 23.9 Å². The molecule has 1 rings (SSSR count). The van der Waals surface area contributed by atoms with Crippen LogP contribution in [0.5, 0.6) is 5.75 Å². The summed E-state index contributed by atoms with van der Waals surface area (Å²) in [5, 5.41) is 6.70. The first-order valence-corrected chi connectivity index (χ1v) is 8.51. The van der Waals surface area contributed by atoms with Gasteiger partial charge in [-0.15, -0.1) is 24.0 Å². The fraction of sp³-hybridized carbons (Fsp3) is 0.562. The van der Waals surface area contributed by atoms with Gasteiger partial charge in [-0.05, 0) is 24.0 Å². The maximum Gasteiger partial charge on any atom is 0.191 e. The minimum Gasteiger partial charge on any atom is -0.497 e. The number of aliphatic imine (C=N–C) groups is 1. The molecule has 0 bridgehead atoms. The third-order valence-corrected chi connectivity index (χ3v) is 3.98. The van der Waals surface area contributed by atoms with Crippen LogP contribution >= 0.6 is 35.7 Å². The SMILES string of the molecule is CN=C(NCCSC)NCC(C)(C)c1cccc(OC)c1.I. The Morgan fingerprint density at radius 1 is 1.32 bits per heavy atom. The number of halogens is 1. The van der Waals surface area contributed by atoms with E-state index in [0.29, 0.717) is 0 Å². The number of hydrogen-bond donors (Lipinski definition) is 2. The fourth-order valence-electron chi connectivity index (χ4n) is 1.94. The van der Waals surface area contributed by atoms with E-state index < -0.39 is 0 Å². The molecule has 126 valence electrons. The highest BCUT2D eigenvalue weighted by Gasteiger charge is 2.21. The molecular weight excluding hydrogens is 409 g/mol. The van der Waals surface area contributed by atoms with Gasteiger partial charge in [-0.1, -0.05) is 26.0 Å². The van der Waals surface area contributed by atoms with Crippen LogP contribution in [0.4, 0.5) is 0 Å². The van der Waals surface area contributed by atoms with Gasteiger partial charge in [0.1, 0.15) is 5.75 Å². The van der Waals surface area contributed by atoms with Crippen molar-refractivity contribution in [1.29, 1.82) is 0 Å². The zero-order valence-corrected chi connectivity index (χ0v) is 17.2. The normalized spacial score (nSPS) is 11.6. The summed E-state index contributed by atoms with van der Waals surface area (Å²) in [5.74, 6) is 2.81. The summed E-state index contributed by atoms with van der Waals surface area (Å²) in [6.07, 6.45) is 2.10. The average Bonchev–Trinajstić information content (AvgIpc) is 2.50. The lowest BCUT2D eigenvalue weighted by atomic mass is 9.84. The zero-order valence-electron chi connectivity index (χ0n) is 14.1. The molecule has 0 radical (unpaired) electrons. The van der Waals surface area contributed by atoms with Crippen molar-refractivity contribution in [2.45, 2.75) is 19.3 Å². The molecule has 4 nitrogen and oxygen atoms in total. The van der Waals surface area contributed by atoms with Gasteiger partial charge in [-0.25, -0.2) is 0 Å². The number of nitrogens with one attached hydrogen (secondary N) is 2. The van der Waals surface area contributed by atoms with Crippen LogP contribution in [0.1, 0.15) is 19.4 Å². The molecule has 0 saturated carbocycles. The maximum absolute atomic E-state index is 5.30. The second-order valence-corrected chi connectivity index (χ2v) is 6.45. The first kappa shape index (κ1) is 21.4. The molecule has 1 aromatic carbocycles. The average molecular weight is 437 g/mol. The van der Waals surface area contributed by atoms with Crippen molar-refractivity contribution >= 4 is 41.7 Å². The molecule has 0 aliphatic carbocycles. The highest BCUT2D eigenvalue weighted by molar-refractivity contribution is 14.0. The van der Waals surface area contributed by atoms with Gasteiger partial charge in [0.15, 0.2) is 5.96 Å². The topological polar surface area (TPSA) is 45.7 Å². The predicted octanol–water partition coefficient (Wildman–Crippen LogP) is 3.12. The predicted molar refractivity (Wildman–Crippen MR) is 109 cm³/mol. The van der Waals surface area contributed by atoms with E-state index in [9.17, 15) is 0 Å². The number of nitrogens with zero attached hydrogens (tertiary/aromatic N) is 1. The Morgan fingerprint density at radius 3 is 2.64 bits per heavy atom. The van der Waals surface area contributed by atoms with Gasteiger partial charge >= 0.3 is 0 Å². The highest BCUT2D eigenvalue weighted by Crippen LogP contribution is 2.25. The second-order valence-electron chi connectivity index (χ2n) is 5.46. The molecule has 22 heavy (non-hydrogen) atoms. The number of ether oxygens (including phenoxy) is 1. The quantitative estimate of drug-likeness (QED) is 0.298. The van der Waals surface area contributed by atoms with E-state index in [0.717, 1.165) is 30.6 Å². The number of thioether (sulfide) groups is 1. The van der Waals surface area contributed by atoms with Crippen LogP contribution in [0.3, 0.4) is 0 Å². The van der Waals surface area contributed by atoms with Crippen LogP contribution in [0.25, 0.3) is 0 Å². The number of methoxy groups -OCH3 is 1. The van der Waals surface area contributed by atoms with Crippen molar-refractivity contribution < 1.29 is 4.74 Å². The molecule has 0 spiro atoms. The van der Waals surface area contributed by atoms with Crippen LogP contribution in [0, 0.1) is 0 Å². The Hall–Kier alpha value is -0.630. The Labute approximate surface area is 155 Å². The monoisotopic (exact) mass is 437 g/mol. The van der Waals surface area contributed by atoms with Crippen molar-refractivity contribution in [1.82, 2.24) is 10.6 Å². The van der Waals surface area contributed by atoms with Crippen molar-refractivity contribution in [2.24, 2.45) is 4.99 Å². The molecule has 0 heterocycles. The summed E-state index contributed by atoms with van der Waals surface area (Å²) in [5.41, 5.74) is 1.24. The Bertz CT molecular complexity index is 466. The van der Waals surface area contributed by atoms with Crippen LogP contribution in [0.15, 0.2) is 29.3 Å². The van der Waals surface area contributed by atoms with Gasteiger partial charge in [-0.2, -0.15) is 11.8 Å². The van der Waals surface area contributed by atoms with E-state index in [2.05, 4.69) is 47.9 Å². The van der Waals surface area contributed by atoms with Crippen molar-refractivity contribution in [3.63, 3.8) is 0 Å². The van der Waals surface area contributed by atoms with Gasteiger partial charge in [0.25, 0.3) is 0 Å². The number of benzene rings is 1. The van der Waals surface area contributed by atoms with Crippen molar-refractivity contribution in [2.75, 3.05) is 39.3 Å². The Balaban J connectivity index is 0.00000441. The summed E-state index contributed by atoms with van der Waals surface area (Å²) in [7, 11) is 3.49. The van der Waals surface area contributed by atoms with Gasteiger partial charge in [-0.3, -0.25) is 4.99 Å². The molecule has 0 fully saturated rings. The summed E-state index contributed by atoms with van der Waals surface area (Å²) in [6, 6.07) is 8.22. The molecule has 0 aliphatic heterocycles.